The molecule has 1 aromatic carbocycles. The van der Waals surface area contributed by atoms with Crippen LogP contribution in [0, 0.1) is 17.0 Å². The van der Waals surface area contributed by atoms with Crippen LogP contribution in [0.1, 0.15) is 19.4 Å². The van der Waals surface area contributed by atoms with Crippen LogP contribution in [0.3, 0.4) is 0 Å². The van der Waals surface area contributed by atoms with Crippen molar-refractivity contribution < 1.29 is 14.5 Å². The molecule has 18 heavy (non-hydrogen) atoms. The second kappa shape index (κ2) is 5.39. The third-order valence-corrected chi connectivity index (χ3v) is 2.46. The zero-order valence-corrected chi connectivity index (χ0v) is 10.5. The van der Waals surface area contributed by atoms with Crippen molar-refractivity contribution in [2.24, 2.45) is 0 Å². The minimum atomic E-state index is -0.533. The molecule has 1 rings (SSSR count). The third-order valence-electron chi connectivity index (χ3n) is 2.46. The molecule has 0 heterocycles. The fourth-order valence-electron chi connectivity index (χ4n) is 1.59. The second-order valence-electron chi connectivity index (χ2n) is 4.04. The lowest BCUT2D eigenvalue weighted by Gasteiger charge is -2.21. The number of carbonyl (C=O) groups excluding carboxylic acids is 2. The van der Waals surface area contributed by atoms with Crippen molar-refractivity contribution >= 4 is 23.1 Å². The number of benzene rings is 1. The molecule has 0 spiro atoms. The highest BCUT2D eigenvalue weighted by molar-refractivity contribution is 5.98. The summed E-state index contributed by atoms with van der Waals surface area (Å²) in [6.45, 7) is 4.33. The molecular weight excluding hydrogens is 236 g/mol. The predicted octanol–water partition coefficient (Wildman–Crippen LogP) is 1.85. The molecule has 6 nitrogen and oxygen atoms in total. The summed E-state index contributed by atoms with van der Waals surface area (Å²) in [6, 6.07) is 4.23. The topological polar surface area (TPSA) is 80.5 Å². The van der Waals surface area contributed by atoms with Crippen LogP contribution < -0.4 is 4.90 Å². The van der Waals surface area contributed by atoms with Gasteiger partial charge in [0.25, 0.3) is 5.69 Å². The Bertz CT molecular complexity index is 511. The molecule has 1 amide bonds. The van der Waals surface area contributed by atoms with Crippen LogP contribution in [-0.2, 0) is 9.59 Å². The average molecular weight is 250 g/mol. The van der Waals surface area contributed by atoms with E-state index in [9.17, 15) is 19.7 Å². The molecule has 0 aromatic heterocycles. The van der Waals surface area contributed by atoms with Gasteiger partial charge in [0.1, 0.15) is 5.78 Å². The first-order chi connectivity index (χ1) is 8.32. The van der Waals surface area contributed by atoms with E-state index in [0.29, 0.717) is 11.3 Å². The van der Waals surface area contributed by atoms with Crippen LogP contribution in [0.15, 0.2) is 18.2 Å². The van der Waals surface area contributed by atoms with Crippen molar-refractivity contribution in [1.29, 1.82) is 0 Å². The fraction of sp³-hybridized carbons (Fsp3) is 0.333. The number of nitro benzene ring substituents is 1. The van der Waals surface area contributed by atoms with E-state index in [1.807, 2.05) is 0 Å². The van der Waals surface area contributed by atoms with Crippen LogP contribution >= 0.6 is 0 Å². The molecule has 0 bridgehead atoms. The molecule has 0 aliphatic carbocycles. The van der Waals surface area contributed by atoms with Crippen molar-refractivity contribution in [3.05, 3.63) is 33.9 Å². The number of hydrogen-bond donors (Lipinski definition) is 0. The van der Waals surface area contributed by atoms with Gasteiger partial charge in [0.2, 0.25) is 5.91 Å². The van der Waals surface area contributed by atoms with Crippen molar-refractivity contribution in [3.63, 3.8) is 0 Å². The maximum atomic E-state index is 11.5. The molecule has 96 valence electrons. The molecule has 6 heteroatoms. The molecule has 0 unspecified atom stereocenters. The Morgan fingerprint density at radius 3 is 2.39 bits per heavy atom. The summed E-state index contributed by atoms with van der Waals surface area (Å²) in [4.78, 5) is 34.1. The largest absolute Gasteiger partial charge is 0.305 e. The molecule has 0 aliphatic heterocycles. The van der Waals surface area contributed by atoms with E-state index in [-0.39, 0.29) is 23.9 Å². The van der Waals surface area contributed by atoms with E-state index in [1.165, 1.54) is 30.9 Å². The van der Waals surface area contributed by atoms with Crippen molar-refractivity contribution in [2.45, 2.75) is 20.8 Å². The predicted molar refractivity (Wildman–Crippen MR) is 66.5 cm³/mol. The maximum absolute atomic E-state index is 11.5. The number of Topliss-reactive ketones (excluding diaryl/α,β-unsaturated/α-hetero) is 1. The van der Waals surface area contributed by atoms with E-state index in [4.69, 9.17) is 0 Å². The number of carbonyl (C=O) groups is 2. The molecule has 0 saturated carbocycles. The summed E-state index contributed by atoms with van der Waals surface area (Å²) in [6.07, 6.45) is 0. The van der Waals surface area contributed by atoms with Gasteiger partial charge in [-0.05, 0) is 19.4 Å². The van der Waals surface area contributed by atoms with Gasteiger partial charge < -0.3 is 4.90 Å². The highest BCUT2D eigenvalue weighted by Crippen LogP contribution is 2.25. The maximum Gasteiger partial charge on any atom is 0.271 e. The highest BCUT2D eigenvalue weighted by Gasteiger charge is 2.18. The van der Waals surface area contributed by atoms with Gasteiger partial charge in [-0.2, -0.15) is 0 Å². The van der Waals surface area contributed by atoms with Gasteiger partial charge in [-0.1, -0.05) is 6.07 Å². The zero-order chi connectivity index (χ0) is 13.9. The SMILES string of the molecule is CC(=O)CN(C(C)=O)c1cc([N+](=O)[O-])ccc1C. The Labute approximate surface area is 104 Å². The lowest BCUT2D eigenvalue weighted by atomic mass is 10.1. The summed E-state index contributed by atoms with van der Waals surface area (Å²) < 4.78 is 0. The molecular formula is C12H14N2O4. The number of nitrogens with zero attached hydrogens (tertiary/aromatic N) is 2. The number of rotatable bonds is 4. The number of non-ortho nitro benzene ring substituents is 1. The summed E-state index contributed by atoms with van der Waals surface area (Å²) in [5.41, 5.74) is 0.995. The molecule has 0 saturated heterocycles. The fourth-order valence-corrected chi connectivity index (χ4v) is 1.59. The van der Waals surface area contributed by atoms with Crippen LogP contribution in [0.5, 0.6) is 0 Å². The van der Waals surface area contributed by atoms with Crippen LogP contribution in [0.4, 0.5) is 11.4 Å². The number of amides is 1. The number of nitro groups is 1. The van der Waals surface area contributed by atoms with Crippen LogP contribution in [0.25, 0.3) is 0 Å². The molecule has 0 aliphatic rings. The van der Waals surface area contributed by atoms with Gasteiger partial charge in [0, 0.05) is 19.1 Å². The first-order valence-electron chi connectivity index (χ1n) is 5.35. The number of aryl methyl sites for hydroxylation is 1. The lowest BCUT2D eigenvalue weighted by molar-refractivity contribution is -0.384. The monoisotopic (exact) mass is 250 g/mol. The smallest absolute Gasteiger partial charge is 0.271 e. The normalized spacial score (nSPS) is 9.94. The average Bonchev–Trinajstić information content (AvgIpc) is 2.26. The molecule has 1 aromatic rings. The van der Waals surface area contributed by atoms with Crippen molar-refractivity contribution in [2.75, 3.05) is 11.4 Å². The van der Waals surface area contributed by atoms with Gasteiger partial charge >= 0.3 is 0 Å². The second-order valence-corrected chi connectivity index (χ2v) is 4.04. The lowest BCUT2D eigenvalue weighted by Crippen LogP contribution is -2.33. The first kappa shape index (κ1) is 13.8. The summed E-state index contributed by atoms with van der Waals surface area (Å²) in [5, 5.41) is 10.7. The first-order valence-corrected chi connectivity index (χ1v) is 5.35. The van der Waals surface area contributed by atoms with E-state index in [0.717, 1.165) is 0 Å². The minimum Gasteiger partial charge on any atom is -0.305 e. The molecule has 0 fully saturated rings. The van der Waals surface area contributed by atoms with Gasteiger partial charge in [-0.25, -0.2) is 0 Å². The van der Waals surface area contributed by atoms with Gasteiger partial charge in [-0.15, -0.1) is 0 Å². The third kappa shape index (κ3) is 3.13. The summed E-state index contributed by atoms with van der Waals surface area (Å²) in [7, 11) is 0. The quantitative estimate of drug-likeness (QED) is 0.603. The van der Waals surface area contributed by atoms with E-state index < -0.39 is 4.92 Å². The standard InChI is InChI=1S/C12H14N2O4/c1-8-4-5-11(14(17)18)6-12(8)13(10(3)16)7-9(2)15/h4-6H,7H2,1-3H3. The van der Waals surface area contributed by atoms with E-state index in [1.54, 1.807) is 13.0 Å². The molecule has 0 N–H and O–H groups in total. The van der Waals surface area contributed by atoms with E-state index in [2.05, 4.69) is 0 Å². The van der Waals surface area contributed by atoms with Crippen molar-refractivity contribution in [3.8, 4) is 0 Å². The molecule has 0 radical (unpaired) electrons. The Morgan fingerprint density at radius 2 is 1.94 bits per heavy atom. The number of hydrogen-bond acceptors (Lipinski definition) is 4. The Morgan fingerprint density at radius 1 is 1.33 bits per heavy atom. The van der Waals surface area contributed by atoms with Crippen LogP contribution in [0.2, 0.25) is 0 Å². The van der Waals surface area contributed by atoms with Gasteiger partial charge in [0.15, 0.2) is 0 Å². The minimum absolute atomic E-state index is 0.0860. The van der Waals surface area contributed by atoms with E-state index >= 15 is 0 Å². The Balaban J connectivity index is 3.26. The zero-order valence-electron chi connectivity index (χ0n) is 10.5. The van der Waals surface area contributed by atoms with Crippen molar-refractivity contribution in [1.82, 2.24) is 0 Å². The Kier molecular flexibility index (Phi) is 4.14. The summed E-state index contributed by atoms with van der Waals surface area (Å²) >= 11 is 0. The van der Waals surface area contributed by atoms with Crippen LogP contribution in [-0.4, -0.2) is 23.2 Å². The number of anilines is 1. The van der Waals surface area contributed by atoms with Gasteiger partial charge in [0.05, 0.1) is 17.2 Å². The molecule has 0 atom stereocenters. The highest BCUT2D eigenvalue weighted by atomic mass is 16.6. The number of ketones is 1. The summed E-state index contributed by atoms with van der Waals surface area (Å²) in [5.74, 6) is -0.509. The van der Waals surface area contributed by atoms with Gasteiger partial charge in [-0.3, -0.25) is 19.7 Å². The Hall–Kier alpha value is -2.24.